The van der Waals surface area contributed by atoms with Gasteiger partial charge in [0.15, 0.2) is 4.87 Å². The van der Waals surface area contributed by atoms with Crippen LogP contribution in [-0.2, 0) is 9.67 Å². The average Bonchev–Trinajstić information content (AvgIpc) is 3.07. The maximum atomic E-state index is 13.6. The molecule has 28 heavy (non-hydrogen) atoms. The predicted molar refractivity (Wildman–Crippen MR) is 110 cm³/mol. The molecule has 1 spiro atoms. The molecule has 1 N–H and O–H groups in total. The predicted octanol–water partition coefficient (Wildman–Crippen LogP) is 4.40. The van der Waals surface area contributed by atoms with Crippen molar-refractivity contribution in [2.45, 2.75) is 30.4 Å². The first-order valence-electron chi connectivity index (χ1n) is 9.24. The minimum atomic E-state index is -1.12. The van der Waals surface area contributed by atoms with Gasteiger partial charge in [-0.05, 0) is 45.0 Å². The van der Waals surface area contributed by atoms with Crippen LogP contribution in [-0.4, -0.2) is 34.7 Å². The van der Waals surface area contributed by atoms with Crippen LogP contribution < -0.4 is 10.2 Å². The van der Waals surface area contributed by atoms with E-state index in [1.165, 1.54) is 30.0 Å². The van der Waals surface area contributed by atoms with Crippen molar-refractivity contribution in [3.05, 3.63) is 59.9 Å². The number of carbonyl (C=O) groups is 2. The molecule has 2 aliphatic rings. The molecular formula is C21H22FN3O2S. The molecule has 1 atom stereocenters. The van der Waals surface area contributed by atoms with Gasteiger partial charge in [0.05, 0.1) is 5.69 Å². The lowest BCUT2D eigenvalue weighted by Gasteiger charge is -2.33. The molecule has 1 saturated heterocycles. The number of rotatable bonds is 2. The van der Waals surface area contributed by atoms with Gasteiger partial charge in [0, 0.05) is 29.1 Å². The molecule has 3 amide bonds. The molecule has 0 radical (unpaired) electrons. The van der Waals surface area contributed by atoms with Gasteiger partial charge in [0.25, 0.3) is 5.91 Å². The van der Waals surface area contributed by atoms with E-state index in [0.717, 1.165) is 11.3 Å². The fourth-order valence-electron chi connectivity index (χ4n) is 4.03. The van der Waals surface area contributed by atoms with E-state index in [0.29, 0.717) is 18.8 Å². The smallest absolute Gasteiger partial charge is 0.309 e. The second-order valence-corrected chi connectivity index (χ2v) is 9.50. The third-order valence-electron chi connectivity index (χ3n) is 5.08. The van der Waals surface area contributed by atoms with E-state index < -0.39 is 16.7 Å². The number of para-hydroxylation sites is 1. The number of amides is 3. The third-order valence-corrected chi connectivity index (χ3v) is 6.67. The zero-order valence-corrected chi connectivity index (χ0v) is 16.8. The molecule has 2 heterocycles. The molecular weight excluding hydrogens is 377 g/mol. The van der Waals surface area contributed by atoms with Crippen molar-refractivity contribution >= 4 is 35.1 Å². The summed E-state index contributed by atoms with van der Waals surface area (Å²) in [4.78, 5) is 29.0. The number of carbonyl (C=O) groups excluding carboxylic acids is 2. The molecule has 2 aromatic rings. The van der Waals surface area contributed by atoms with Crippen molar-refractivity contribution in [2.75, 3.05) is 23.3 Å². The molecule has 7 heteroatoms. The van der Waals surface area contributed by atoms with Crippen LogP contribution >= 0.6 is 11.8 Å². The van der Waals surface area contributed by atoms with Crippen molar-refractivity contribution < 1.29 is 14.0 Å². The molecule has 0 saturated carbocycles. The van der Waals surface area contributed by atoms with Crippen molar-refractivity contribution in [3.63, 3.8) is 0 Å². The monoisotopic (exact) mass is 399 g/mol. The topological polar surface area (TPSA) is 52.7 Å². The molecule has 146 valence electrons. The first-order valence-corrected chi connectivity index (χ1v) is 10.1. The molecule has 0 aromatic heterocycles. The number of fused-ring (bicyclic) bond motifs is 2. The van der Waals surface area contributed by atoms with Crippen LogP contribution in [0.15, 0.2) is 48.5 Å². The number of anilines is 2. The lowest BCUT2D eigenvalue weighted by molar-refractivity contribution is -0.123. The number of urea groups is 1. The van der Waals surface area contributed by atoms with E-state index in [2.05, 4.69) is 5.32 Å². The highest BCUT2D eigenvalue weighted by Gasteiger charge is 2.63. The van der Waals surface area contributed by atoms with Gasteiger partial charge in [0.2, 0.25) is 0 Å². The van der Waals surface area contributed by atoms with Crippen LogP contribution in [0.25, 0.3) is 0 Å². The van der Waals surface area contributed by atoms with Crippen LogP contribution in [0.3, 0.4) is 0 Å². The molecule has 1 fully saturated rings. The Bertz CT molecular complexity index is 964. The zero-order chi connectivity index (χ0) is 20.1. The largest absolute Gasteiger partial charge is 0.323 e. The van der Waals surface area contributed by atoms with E-state index in [4.69, 9.17) is 0 Å². The highest BCUT2D eigenvalue weighted by atomic mass is 32.2. The van der Waals surface area contributed by atoms with Gasteiger partial charge in [-0.1, -0.05) is 24.3 Å². The number of nitrogens with zero attached hydrogens (tertiary/aromatic N) is 2. The number of hydrogen-bond donors (Lipinski definition) is 1. The van der Waals surface area contributed by atoms with E-state index >= 15 is 0 Å². The van der Waals surface area contributed by atoms with Crippen molar-refractivity contribution in [3.8, 4) is 0 Å². The second kappa shape index (κ2) is 6.51. The van der Waals surface area contributed by atoms with Crippen LogP contribution in [0.2, 0.25) is 0 Å². The number of thioether (sulfide) groups is 1. The lowest BCUT2D eigenvalue weighted by Crippen LogP contribution is -2.51. The number of nitrogens with one attached hydrogen (secondary N) is 1. The SMILES string of the molecule is CCN1C(=O)[C@]2(SC(C)(C)CN2C(=O)Nc2cccc(F)c2)c2ccccc21. The molecule has 0 unspecified atom stereocenters. The normalized spacial score (nSPS) is 22.6. The summed E-state index contributed by atoms with van der Waals surface area (Å²) >= 11 is 1.50. The number of benzene rings is 2. The first kappa shape index (κ1) is 18.8. The Hall–Kier alpha value is -2.54. The summed E-state index contributed by atoms with van der Waals surface area (Å²) in [5.41, 5.74) is 2.02. The molecule has 2 aliphatic heterocycles. The summed E-state index contributed by atoms with van der Waals surface area (Å²) in [5.74, 6) is -0.538. The minimum Gasteiger partial charge on any atom is -0.309 e. The van der Waals surface area contributed by atoms with Gasteiger partial charge in [-0.25, -0.2) is 9.18 Å². The van der Waals surface area contributed by atoms with E-state index in [9.17, 15) is 14.0 Å². The highest BCUT2D eigenvalue weighted by Crippen LogP contribution is 2.59. The second-order valence-electron chi connectivity index (χ2n) is 7.60. The van der Waals surface area contributed by atoms with Gasteiger partial charge in [-0.3, -0.25) is 9.69 Å². The molecule has 0 aliphatic carbocycles. The van der Waals surface area contributed by atoms with E-state index in [-0.39, 0.29) is 10.7 Å². The number of likely N-dealkylation sites (N-methyl/N-ethyl adjacent to an activating group) is 1. The molecule has 4 rings (SSSR count). The summed E-state index contributed by atoms with van der Waals surface area (Å²) in [5, 5.41) is 2.76. The minimum absolute atomic E-state index is 0.110. The van der Waals surface area contributed by atoms with Gasteiger partial charge in [-0.2, -0.15) is 0 Å². The van der Waals surface area contributed by atoms with Crippen LogP contribution in [0.4, 0.5) is 20.6 Å². The average molecular weight is 399 g/mol. The fraction of sp³-hybridized carbons (Fsp3) is 0.333. The standard InChI is InChI=1S/C21H22FN3O2S/c1-4-24-17-11-6-5-10-16(17)21(18(24)26)25(13-20(2,3)28-21)19(27)23-15-9-7-8-14(22)12-15/h5-12H,4,13H2,1-3H3,(H,23,27)/t21-/m1/s1. The Balaban J connectivity index is 1.78. The Kier molecular flexibility index (Phi) is 4.38. The Labute approximate surface area is 167 Å². The summed E-state index contributed by atoms with van der Waals surface area (Å²) in [7, 11) is 0. The third kappa shape index (κ3) is 2.76. The summed E-state index contributed by atoms with van der Waals surface area (Å²) in [6, 6.07) is 13.0. The van der Waals surface area contributed by atoms with Crippen LogP contribution in [0, 0.1) is 5.82 Å². The van der Waals surface area contributed by atoms with Crippen molar-refractivity contribution in [1.29, 1.82) is 0 Å². The molecule has 2 aromatic carbocycles. The Morgan fingerprint density at radius 2 is 1.96 bits per heavy atom. The van der Waals surface area contributed by atoms with Gasteiger partial charge in [-0.15, -0.1) is 11.8 Å². The molecule has 5 nitrogen and oxygen atoms in total. The lowest BCUT2D eigenvalue weighted by atomic mass is 10.1. The molecule has 0 bridgehead atoms. The zero-order valence-electron chi connectivity index (χ0n) is 16.0. The summed E-state index contributed by atoms with van der Waals surface area (Å²) in [6.07, 6.45) is 0. The maximum Gasteiger partial charge on any atom is 0.323 e. The van der Waals surface area contributed by atoms with Crippen molar-refractivity contribution in [2.24, 2.45) is 0 Å². The summed E-state index contributed by atoms with van der Waals surface area (Å²) < 4.78 is 13.2. The maximum absolute atomic E-state index is 13.6. The van der Waals surface area contributed by atoms with Crippen LogP contribution in [0.5, 0.6) is 0 Å². The summed E-state index contributed by atoms with van der Waals surface area (Å²) in [6.45, 7) is 6.91. The fourth-order valence-corrected chi connectivity index (χ4v) is 5.76. The van der Waals surface area contributed by atoms with Gasteiger partial charge in [0.1, 0.15) is 5.82 Å². The Morgan fingerprint density at radius 1 is 1.21 bits per heavy atom. The number of halogens is 1. The quantitative estimate of drug-likeness (QED) is 0.814. The number of hydrogen-bond acceptors (Lipinski definition) is 3. The van der Waals surface area contributed by atoms with E-state index in [1.807, 2.05) is 45.0 Å². The van der Waals surface area contributed by atoms with Gasteiger partial charge >= 0.3 is 6.03 Å². The first-order chi connectivity index (χ1) is 13.3. The van der Waals surface area contributed by atoms with Crippen LogP contribution in [0.1, 0.15) is 26.3 Å². The van der Waals surface area contributed by atoms with Gasteiger partial charge < -0.3 is 10.2 Å². The Morgan fingerprint density at radius 3 is 2.68 bits per heavy atom. The highest BCUT2D eigenvalue weighted by molar-refractivity contribution is 8.02. The van der Waals surface area contributed by atoms with Crippen molar-refractivity contribution in [1.82, 2.24) is 4.90 Å². The van der Waals surface area contributed by atoms with E-state index in [1.54, 1.807) is 15.9 Å².